The summed E-state index contributed by atoms with van der Waals surface area (Å²) in [5.74, 6) is -0.536. The molecule has 0 N–H and O–H groups in total. The molecule has 0 unspecified atom stereocenters. The van der Waals surface area contributed by atoms with Gasteiger partial charge in [-0.1, -0.05) is 12.1 Å². The van der Waals surface area contributed by atoms with E-state index in [-0.39, 0.29) is 30.0 Å². The van der Waals surface area contributed by atoms with E-state index in [1.807, 2.05) is 18.7 Å². The van der Waals surface area contributed by atoms with Crippen molar-refractivity contribution >= 4 is 5.91 Å². The van der Waals surface area contributed by atoms with Gasteiger partial charge in [-0.05, 0) is 68.7 Å². The molecule has 0 atom stereocenters. The maximum atomic E-state index is 13.2. The fraction of sp³-hybridized carbons (Fsp3) is 0.304. The van der Waals surface area contributed by atoms with E-state index in [4.69, 9.17) is 0 Å². The Morgan fingerprint density at radius 2 is 1.62 bits per heavy atom. The van der Waals surface area contributed by atoms with E-state index in [1.54, 1.807) is 28.9 Å². The number of aryl methyl sites for hydroxylation is 1. The van der Waals surface area contributed by atoms with Crippen LogP contribution < -0.4 is 0 Å². The van der Waals surface area contributed by atoms with Crippen molar-refractivity contribution in [3.8, 4) is 5.69 Å². The summed E-state index contributed by atoms with van der Waals surface area (Å²) >= 11 is 0. The Bertz CT molecular complexity index is 1020. The number of benzene rings is 2. The molecule has 3 aromatic rings. The summed E-state index contributed by atoms with van der Waals surface area (Å²) in [4.78, 5) is 15.0. The highest BCUT2D eigenvalue weighted by Crippen LogP contribution is 2.30. The molecule has 1 saturated carbocycles. The quantitative estimate of drug-likeness (QED) is 0.616. The molecule has 1 aromatic heterocycles. The second-order valence-corrected chi connectivity index (χ2v) is 7.59. The Kier molecular flexibility index (Phi) is 5.18. The van der Waals surface area contributed by atoms with Crippen LogP contribution >= 0.6 is 0 Å². The van der Waals surface area contributed by atoms with Gasteiger partial charge in [0.2, 0.25) is 5.91 Å². The number of hydrogen-bond acceptors (Lipinski definition) is 2. The number of carbonyl (C=O) groups is 1. The molecule has 150 valence electrons. The highest BCUT2D eigenvalue weighted by molar-refractivity contribution is 5.80. The van der Waals surface area contributed by atoms with Gasteiger partial charge < -0.3 is 4.90 Å². The van der Waals surface area contributed by atoms with Crippen LogP contribution in [-0.4, -0.2) is 26.6 Å². The van der Waals surface area contributed by atoms with Crippen molar-refractivity contribution < 1.29 is 13.6 Å². The molecule has 2 aromatic carbocycles. The van der Waals surface area contributed by atoms with Crippen LogP contribution in [0.5, 0.6) is 0 Å². The molecule has 4 rings (SSSR count). The number of halogens is 2. The summed E-state index contributed by atoms with van der Waals surface area (Å²) in [6, 6.07) is 12.7. The smallest absolute Gasteiger partial charge is 0.227 e. The second kappa shape index (κ2) is 7.78. The zero-order chi connectivity index (χ0) is 20.5. The number of rotatable bonds is 6. The Morgan fingerprint density at radius 1 is 1.03 bits per heavy atom. The molecule has 1 fully saturated rings. The van der Waals surface area contributed by atoms with E-state index >= 15 is 0 Å². The van der Waals surface area contributed by atoms with Crippen molar-refractivity contribution in [1.82, 2.24) is 14.7 Å². The highest BCUT2D eigenvalue weighted by Gasteiger charge is 2.33. The van der Waals surface area contributed by atoms with E-state index < -0.39 is 0 Å². The first-order valence-electron chi connectivity index (χ1n) is 9.77. The van der Waals surface area contributed by atoms with Gasteiger partial charge in [0, 0.05) is 23.8 Å². The summed E-state index contributed by atoms with van der Waals surface area (Å²) < 4.78 is 28.2. The summed E-state index contributed by atoms with van der Waals surface area (Å²) in [6.45, 7) is 4.29. The van der Waals surface area contributed by atoms with Gasteiger partial charge in [0.25, 0.3) is 0 Å². The lowest BCUT2D eigenvalue weighted by Gasteiger charge is -2.23. The van der Waals surface area contributed by atoms with E-state index in [0.29, 0.717) is 6.54 Å². The van der Waals surface area contributed by atoms with Gasteiger partial charge in [0.1, 0.15) is 11.6 Å². The van der Waals surface area contributed by atoms with Crippen LogP contribution in [0.1, 0.15) is 35.4 Å². The van der Waals surface area contributed by atoms with Crippen molar-refractivity contribution in [1.29, 1.82) is 0 Å². The molecule has 4 nitrogen and oxygen atoms in total. The SMILES string of the molecule is Cc1nn(-c2ccc(F)cc2)c(C)c1CC(=O)N(Cc1ccc(F)cc1)C1CC1. The topological polar surface area (TPSA) is 38.1 Å². The lowest BCUT2D eigenvalue weighted by molar-refractivity contribution is -0.131. The molecule has 0 bridgehead atoms. The minimum atomic E-state index is -0.299. The third-order valence-electron chi connectivity index (χ3n) is 5.41. The minimum Gasteiger partial charge on any atom is -0.335 e. The Hall–Kier alpha value is -3.02. The lowest BCUT2D eigenvalue weighted by atomic mass is 10.1. The van der Waals surface area contributed by atoms with Crippen LogP contribution in [0, 0.1) is 25.5 Å². The fourth-order valence-electron chi connectivity index (χ4n) is 3.61. The third-order valence-corrected chi connectivity index (χ3v) is 5.41. The lowest BCUT2D eigenvalue weighted by Crippen LogP contribution is -2.34. The predicted molar refractivity (Wildman–Crippen MR) is 107 cm³/mol. The van der Waals surface area contributed by atoms with E-state index in [0.717, 1.165) is 41.0 Å². The zero-order valence-corrected chi connectivity index (χ0v) is 16.5. The zero-order valence-electron chi connectivity index (χ0n) is 16.5. The first kappa shape index (κ1) is 19.3. The number of hydrogen-bond donors (Lipinski definition) is 0. The van der Waals surface area contributed by atoms with Crippen molar-refractivity contribution in [2.75, 3.05) is 0 Å². The van der Waals surface area contributed by atoms with E-state index in [1.165, 1.54) is 24.3 Å². The largest absolute Gasteiger partial charge is 0.335 e. The van der Waals surface area contributed by atoms with E-state index in [2.05, 4.69) is 5.10 Å². The maximum absolute atomic E-state index is 13.2. The van der Waals surface area contributed by atoms with Gasteiger partial charge in [0.15, 0.2) is 0 Å². The molecule has 1 amide bonds. The Morgan fingerprint density at radius 3 is 2.21 bits per heavy atom. The highest BCUT2D eigenvalue weighted by atomic mass is 19.1. The van der Waals surface area contributed by atoms with Crippen LogP contribution in [0.3, 0.4) is 0 Å². The number of carbonyl (C=O) groups excluding carboxylic acids is 1. The molecular weight excluding hydrogens is 372 g/mol. The van der Waals surface area contributed by atoms with Gasteiger partial charge >= 0.3 is 0 Å². The molecule has 0 radical (unpaired) electrons. The average Bonchev–Trinajstić information content (AvgIpc) is 3.50. The standard InChI is InChI=1S/C23H23F2N3O/c1-15-22(16(2)28(26-15)21-9-7-19(25)8-10-21)13-23(29)27(20-11-12-20)14-17-3-5-18(24)6-4-17/h3-10,20H,11-14H2,1-2H3. The fourth-order valence-corrected chi connectivity index (χ4v) is 3.61. The van der Waals surface area contributed by atoms with Gasteiger partial charge in [-0.25, -0.2) is 13.5 Å². The average molecular weight is 395 g/mol. The van der Waals surface area contributed by atoms with Crippen molar-refractivity contribution in [2.24, 2.45) is 0 Å². The van der Waals surface area contributed by atoms with Gasteiger partial charge in [0.05, 0.1) is 17.8 Å². The predicted octanol–water partition coefficient (Wildman–Crippen LogP) is 4.50. The first-order chi connectivity index (χ1) is 13.9. The number of nitrogens with zero attached hydrogens (tertiary/aromatic N) is 3. The van der Waals surface area contributed by atoms with Crippen LogP contribution in [0.15, 0.2) is 48.5 Å². The van der Waals surface area contributed by atoms with Crippen LogP contribution in [-0.2, 0) is 17.8 Å². The normalized spacial score (nSPS) is 13.5. The monoisotopic (exact) mass is 395 g/mol. The molecule has 0 spiro atoms. The third kappa shape index (κ3) is 4.21. The van der Waals surface area contributed by atoms with Crippen LogP contribution in [0.4, 0.5) is 8.78 Å². The van der Waals surface area contributed by atoms with Crippen LogP contribution in [0.25, 0.3) is 5.69 Å². The molecule has 29 heavy (non-hydrogen) atoms. The van der Waals surface area contributed by atoms with Crippen molar-refractivity contribution in [2.45, 2.75) is 45.7 Å². The Labute approximate surface area is 168 Å². The van der Waals surface area contributed by atoms with Crippen LogP contribution in [0.2, 0.25) is 0 Å². The molecular formula is C23H23F2N3O. The van der Waals surface area contributed by atoms with Gasteiger partial charge in [-0.3, -0.25) is 4.79 Å². The molecule has 0 aliphatic heterocycles. The molecule has 6 heteroatoms. The van der Waals surface area contributed by atoms with Crippen molar-refractivity contribution in [3.05, 3.63) is 82.7 Å². The summed E-state index contributed by atoms with van der Waals surface area (Å²) in [5, 5.41) is 4.56. The van der Waals surface area contributed by atoms with Gasteiger partial charge in [-0.15, -0.1) is 0 Å². The number of aromatic nitrogens is 2. The Balaban J connectivity index is 1.55. The number of amides is 1. The van der Waals surface area contributed by atoms with E-state index in [9.17, 15) is 13.6 Å². The maximum Gasteiger partial charge on any atom is 0.227 e. The summed E-state index contributed by atoms with van der Waals surface area (Å²) in [7, 11) is 0. The molecule has 0 saturated heterocycles. The van der Waals surface area contributed by atoms with Crippen molar-refractivity contribution in [3.63, 3.8) is 0 Å². The minimum absolute atomic E-state index is 0.0432. The summed E-state index contributed by atoms with van der Waals surface area (Å²) in [6.07, 6.45) is 2.26. The molecule has 1 heterocycles. The second-order valence-electron chi connectivity index (χ2n) is 7.59. The van der Waals surface area contributed by atoms with Gasteiger partial charge in [-0.2, -0.15) is 5.10 Å². The molecule has 1 aliphatic rings. The first-order valence-corrected chi connectivity index (χ1v) is 9.77. The molecule has 1 aliphatic carbocycles. The summed E-state index contributed by atoms with van der Waals surface area (Å²) in [5.41, 5.74) is 4.24.